The molecule has 2 saturated heterocycles. The van der Waals surface area contributed by atoms with Gasteiger partial charge in [0.2, 0.25) is 0 Å². The molecule has 0 aliphatic carbocycles. The maximum Gasteiger partial charge on any atom is 0.290 e. The van der Waals surface area contributed by atoms with Gasteiger partial charge >= 0.3 is 0 Å². The molecule has 8 heteroatoms. The smallest absolute Gasteiger partial charge is 0.290 e. The summed E-state index contributed by atoms with van der Waals surface area (Å²) in [7, 11) is 1.59. The van der Waals surface area contributed by atoms with E-state index in [1.54, 1.807) is 18.1 Å². The number of thioether (sulfide) groups is 1. The number of carbonyl (C=O) groups is 3. The summed E-state index contributed by atoms with van der Waals surface area (Å²) in [4.78, 5) is 42.3. The van der Waals surface area contributed by atoms with E-state index in [9.17, 15) is 14.4 Å². The molecular formula is C23H25N3O4S. The third-order valence-electron chi connectivity index (χ3n) is 6.37. The van der Waals surface area contributed by atoms with Crippen molar-refractivity contribution in [3.63, 3.8) is 0 Å². The van der Waals surface area contributed by atoms with Crippen LogP contribution >= 0.6 is 11.8 Å². The Labute approximate surface area is 185 Å². The second kappa shape index (κ2) is 7.24. The third-order valence-corrected chi connectivity index (χ3v) is 7.25. The average molecular weight is 440 g/mol. The van der Waals surface area contributed by atoms with Gasteiger partial charge in [-0.2, -0.15) is 0 Å². The molecule has 0 aromatic heterocycles. The van der Waals surface area contributed by atoms with Crippen LogP contribution in [-0.2, 0) is 9.59 Å². The molecule has 0 atom stereocenters. The molecular weight excluding hydrogens is 414 g/mol. The lowest BCUT2D eigenvalue weighted by Gasteiger charge is -2.40. The third kappa shape index (κ3) is 3.20. The molecule has 0 bridgehead atoms. The van der Waals surface area contributed by atoms with Gasteiger partial charge in [-0.05, 0) is 69.2 Å². The number of hydrogen-bond donors (Lipinski definition) is 1. The van der Waals surface area contributed by atoms with Crippen LogP contribution < -0.4 is 15.0 Å². The van der Waals surface area contributed by atoms with Gasteiger partial charge in [-0.1, -0.05) is 12.5 Å². The zero-order valence-corrected chi connectivity index (χ0v) is 18.7. The number of likely N-dealkylation sites (tertiary alicyclic amines) is 1. The van der Waals surface area contributed by atoms with Crippen molar-refractivity contribution < 1.29 is 19.1 Å². The fraction of sp³-hybridized carbons (Fsp3) is 0.435. The quantitative estimate of drug-likeness (QED) is 0.728. The Morgan fingerprint density at radius 3 is 2.45 bits per heavy atom. The zero-order valence-electron chi connectivity index (χ0n) is 17.9. The Morgan fingerprint density at radius 2 is 1.81 bits per heavy atom. The maximum atomic E-state index is 13.6. The summed E-state index contributed by atoms with van der Waals surface area (Å²) in [6, 6.07) is 3.78. The Bertz CT molecular complexity index is 1080. The van der Waals surface area contributed by atoms with Crippen LogP contribution in [0.5, 0.6) is 5.75 Å². The molecule has 2 fully saturated rings. The molecule has 4 aliphatic heterocycles. The number of carbonyl (C=O) groups excluding carboxylic acids is 3. The van der Waals surface area contributed by atoms with Crippen molar-refractivity contribution in [3.8, 4) is 5.75 Å². The molecule has 1 aromatic rings. The van der Waals surface area contributed by atoms with Crippen LogP contribution in [0.25, 0.3) is 11.1 Å². The van der Waals surface area contributed by atoms with E-state index < -0.39 is 16.7 Å². The van der Waals surface area contributed by atoms with Gasteiger partial charge in [0, 0.05) is 17.7 Å². The SMILES string of the molecule is COc1cc2c3c(c1)/C(=C1\SC(=O)NC1=O)C(=O)N3C(C)(C)C=C2CN1CCCCC1. The Balaban J connectivity index is 1.70. The second-order valence-corrected chi connectivity index (χ2v) is 9.90. The molecule has 0 radical (unpaired) electrons. The van der Waals surface area contributed by atoms with Crippen molar-refractivity contribution in [2.24, 2.45) is 0 Å². The van der Waals surface area contributed by atoms with Crippen LogP contribution in [0, 0.1) is 0 Å². The molecule has 7 nitrogen and oxygen atoms in total. The predicted octanol–water partition coefficient (Wildman–Crippen LogP) is 3.40. The summed E-state index contributed by atoms with van der Waals surface area (Å²) in [5, 5.41) is 1.82. The zero-order chi connectivity index (χ0) is 21.9. The summed E-state index contributed by atoms with van der Waals surface area (Å²) in [5.41, 5.74) is 3.30. The van der Waals surface area contributed by atoms with Gasteiger partial charge in [-0.3, -0.25) is 29.5 Å². The summed E-state index contributed by atoms with van der Waals surface area (Å²) in [6.45, 7) is 6.98. The Hall–Kier alpha value is -2.58. The van der Waals surface area contributed by atoms with E-state index in [0.717, 1.165) is 48.2 Å². The van der Waals surface area contributed by atoms with Crippen LogP contribution in [0.4, 0.5) is 10.5 Å². The minimum absolute atomic E-state index is 0.160. The van der Waals surface area contributed by atoms with Crippen LogP contribution in [0.15, 0.2) is 23.1 Å². The summed E-state index contributed by atoms with van der Waals surface area (Å²) in [5.74, 6) is -0.148. The number of amides is 3. The van der Waals surface area contributed by atoms with Crippen molar-refractivity contribution in [1.29, 1.82) is 0 Å². The largest absolute Gasteiger partial charge is 0.497 e. The van der Waals surface area contributed by atoms with Gasteiger partial charge in [-0.25, -0.2) is 0 Å². The summed E-state index contributed by atoms with van der Waals surface area (Å²) in [6.07, 6.45) is 5.83. The van der Waals surface area contributed by atoms with Gasteiger partial charge in [0.25, 0.3) is 17.1 Å². The van der Waals surface area contributed by atoms with Crippen LogP contribution in [-0.4, -0.2) is 54.2 Å². The van der Waals surface area contributed by atoms with Crippen molar-refractivity contribution in [1.82, 2.24) is 10.2 Å². The first-order chi connectivity index (χ1) is 14.8. The highest BCUT2D eigenvalue weighted by atomic mass is 32.2. The fourth-order valence-electron chi connectivity index (χ4n) is 5.04. The van der Waals surface area contributed by atoms with E-state index in [1.165, 1.54) is 19.3 Å². The van der Waals surface area contributed by atoms with Gasteiger partial charge in [0.1, 0.15) is 5.75 Å². The van der Waals surface area contributed by atoms with Crippen molar-refractivity contribution in [2.45, 2.75) is 38.6 Å². The molecule has 4 aliphatic rings. The first kappa shape index (κ1) is 20.3. The van der Waals surface area contributed by atoms with Crippen LogP contribution in [0.2, 0.25) is 0 Å². The number of nitrogens with zero attached hydrogens (tertiary/aromatic N) is 2. The molecule has 0 spiro atoms. The molecule has 1 N–H and O–H groups in total. The van der Waals surface area contributed by atoms with Crippen molar-refractivity contribution in [2.75, 3.05) is 31.6 Å². The first-order valence-corrected chi connectivity index (χ1v) is 11.4. The lowest BCUT2D eigenvalue weighted by Crippen LogP contribution is -2.47. The van der Waals surface area contributed by atoms with E-state index in [4.69, 9.17) is 4.74 Å². The number of imide groups is 1. The normalized spacial score (nSPS) is 24.9. The van der Waals surface area contributed by atoms with Gasteiger partial charge in [-0.15, -0.1) is 0 Å². The first-order valence-electron chi connectivity index (χ1n) is 10.6. The molecule has 5 rings (SSSR count). The van der Waals surface area contributed by atoms with Gasteiger partial charge < -0.3 is 4.74 Å². The number of ether oxygens (including phenoxy) is 1. The van der Waals surface area contributed by atoms with E-state index in [-0.39, 0.29) is 16.4 Å². The lowest BCUT2D eigenvalue weighted by molar-refractivity contribution is -0.116. The highest BCUT2D eigenvalue weighted by Gasteiger charge is 2.48. The fourth-order valence-corrected chi connectivity index (χ4v) is 5.81. The number of anilines is 1. The van der Waals surface area contributed by atoms with E-state index in [2.05, 4.69) is 16.3 Å². The van der Waals surface area contributed by atoms with Gasteiger partial charge in [0.05, 0.1) is 28.8 Å². The monoisotopic (exact) mass is 439 g/mol. The van der Waals surface area contributed by atoms with Crippen LogP contribution in [0.1, 0.15) is 44.2 Å². The number of benzene rings is 1. The predicted molar refractivity (Wildman–Crippen MR) is 121 cm³/mol. The Morgan fingerprint density at radius 1 is 1.10 bits per heavy atom. The number of rotatable bonds is 3. The highest BCUT2D eigenvalue weighted by Crippen LogP contribution is 2.52. The highest BCUT2D eigenvalue weighted by molar-refractivity contribution is 8.18. The number of hydrogen-bond acceptors (Lipinski definition) is 6. The summed E-state index contributed by atoms with van der Waals surface area (Å²) >= 11 is 0.786. The van der Waals surface area contributed by atoms with E-state index in [1.807, 2.05) is 19.9 Å². The van der Waals surface area contributed by atoms with Gasteiger partial charge in [0.15, 0.2) is 0 Å². The maximum absolute atomic E-state index is 13.6. The molecule has 162 valence electrons. The molecule has 4 heterocycles. The standard InChI is InChI=1S/C23H25N3O4S/c1-23(2)11-13(12-25-7-5-4-6-8-25)15-9-14(30-3)10-16-17(21(28)26(23)18(15)16)19-20(27)24-22(29)31-19/h9-11H,4-8,12H2,1-3H3,(H,24,27,29)/b19-17+. The second-order valence-electron chi connectivity index (χ2n) is 8.92. The lowest BCUT2D eigenvalue weighted by atomic mass is 9.87. The topological polar surface area (TPSA) is 78.9 Å². The molecule has 0 saturated carbocycles. The number of nitrogens with one attached hydrogen (secondary N) is 1. The summed E-state index contributed by atoms with van der Waals surface area (Å²) < 4.78 is 5.56. The molecule has 31 heavy (non-hydrogen) atoms. The van der Waals surface area contributed by atoms with Crippen LogP contribution in [0.3, 0.4) is 0 Å². The van der Waals surface area contributed by atoms with Crippen molar-refractivity contribution in [3.05, 3.63) is 34.2 Å². The Kier molecular flexibility index (Phi) is 4.75. The molecule has 1 aromatic carbocycles. The minimum atomic E-state index is -0.565. The van der Waals surface area contributed by atoms with Crippen molar-refractivity contribution >= 4 is 45.6 Å². The number of piperidine rings is 1. The minimum Gasteiger partial charge on any atom is -0.497 e. The average Bonchev–Trinajstić information content (AvgIpc) is 3.21. The number of methoxy groups -OCH3 is 1. The molecule has 3 amide bonds. The molecule has 0 unspecified atom stereocenters. The van der Waals surface area contributed by atoms with E-state index >= 15 is 0 Å². The van der Waals surface area contributed by atoms with E-state index in [0.29, 0.717) is 11.3 Å².